The van der Waals surface area contributed by atoms with Crippen molar-refractivity contribution < 1.29 is 27.2 Å². The van der Waals surface area contributed by atoms with Crippen molar-refractivity contribution in [2.75, 3.05) is 12.4 Å². The number of para-hydroxylation sites is 1. The lowest BCUT2D eigenvalue weighted by atomic mass is 10.1. The average molecular weight is 472 g/mol. The summed E-state index contributed by atoms with van der Waals surface area (Å²) in [5, 5.41) is 6.10. The molecular formula is C23H19F3N4O4. The minimum atomic E-state index is -0.963. The van der Waals surface area contributed by atoms with Gasteiger partial charge < -0.3 is 14.6 Å². The molecule has 0 saturated carbocycles. The Hall–Kier alpha value is -4.28. The number of aromatic nitrogens is 3. The van der Waals surface area contributed by atoms with E-state index in [1.54, 1.807) is 13.0 Å². The second-order valence-corrected chi connectivity index (χ2v) is 7.46. The summed E-state index contributed by atoms with van der Waals surface area (Å²) >= 11 is 0. The molecule has 4 rings (SSSR count). The van der Waals surface area contributed by atoms with Crippen molar-refractivity contribution in [3.05, 3.63) is 81.2 Å². The molecule has 1 amide bonds. The summed E-state index contributed by atoms with van der Waals surface area (Å²) in [5.74, 6) is -3.70. The standard InChI is InChI=1S/C23H19F3N4O4/c1-11-19(28-34-21(11)18-15(25)9-13(33-4)10-16(18)26)22(31)27-20-12(2)29(3)30(23(20)32)17-8-6-5-7-14(17)24/h5-10H,1-4H3,(H,27,31). The van der Waals surface area contributed by atoms with Crippen LogP contribution in [-0.4, -0.2) is 27.5 Å². The van der Waals surface area contributed by atoms with E-state index in [1.165, 1.54) is 44.0 Å². The van der Waals surface area contributed by atoms with Crippen molar-refractivity contribution in [3.63, 3.8) is 0 Å². The van der Waals surface area contributed by atoms with Crippen molar-refractivity contribution >= 4 is 11.6 Å². The van der Waals surface area contributed by atoms with Gasteiger partial charge in [0.2, 0.25) is 0 Å². The number of amides is 1. The summed E-state index contributed by atoms with van der Waals surface area (Å²) in [5.41, 5.74) is -1.16. The lowest BCUT2D eigenvalue weighted by molar-refractivity contribution is 0.101. The van der Waals surface area contributed by atoms with E-state index in [0.717, 1.165) is 16.8 Å². The van der Waals surface area contributed by atoms with Gasteiger partial charge in [0.1, 0.15) is 34.6 Å². The summed E-state index contributed by atoms with van der Waals surface area (Å²) in [7, 11) is 2.80. The van der Waals surface area contributed by atoms with E-state index >= 15 is 0 Å². The lowest BCUT2D eigenvalue weighted by Gasteiger charge is -2.08. The van der Waals surface area contributed by atoms with Crippen LogP contribution in [0.1, 0.15) is 21.7 Å². The van der Waals surface area contributed by atoms with Crippen molar-refractivity contribution in [3.8, 4) is 22.8 Å². The topological polar surface area (TPSA) is 91.3 Å². The van der Waals surface area contributed by atoms with Gasteiger partial charge in [0.25, 0.3) is 11.5 Å². The fraction of sp³-hybridized carbons (Fsp3) is 0.174. The number of hydrogen-bond donors (Lipinski definition) is 1. The monoisotopic (exact) mass is 472 g/mol. The number of benzene rings is 2. The molecule has 0 bridgehead atoms. The molecule has 34 heavy (non-hydrogen) atoms. The first kappa shape index (κ1) is 22.9. The van der Waals surface area contributed by atoms with E-state index < -0.39 is 34.5 Å². The molecule has 176 valence electrons. The number of anilines is 1. The molecule has 8 nitrogen and oxygen atoms in total. The molecule has 0 unspecified atom stereocenters. The molecule has 0 aliphatic heterocycles. The van der Waals surface area contributed by atoms with Crippen LogP contribution in [-0.2, 0) is 7.05 Å². The predicted octanol–water partition coefficient (Wildman–Crippen LogP) is 4.13. The third kappa shape index (κ3) is 3.64. The fourth-order valence-electron chi connectivity index (χ4n) is 3.59. The predicted molar refractivity (Wildman–Crippen MR) is 117 cm³/mol. The minimum Gasteiger partial charge on any atom is -0.497 e. The largest absolute Gasteiger partial charge is 0.497 e. The molecule has 2 aromatic heterocycles. The maximum absolute atomic E-state index is 14.5. The molecule has 2 aromatic carbocycles. The minimum absolute atomic E-state index is 0.00366. The van der Waals surface area contributed by atoms with Crippen LogP contribution < -0.4 is 15.6 Å². The molecule has 4 aromatic rings. The third-order valence-electron chi connectivity index (χ3n) is 5.49. The quantitative estimate of drug-likeness (QED) is 0.472. The Morgan fingerprint density at radius 1 is 1.09 bits per heavy atom. The van der Waals surface area contributed by atoms with Gasteiger partial charge in [0.15, 0.2) is 11.5 Å². The van der Waals surface area contributed by atoms with Crippen LogP contribution in [0.4, 0.5) is 18.9 Å². The summed E-state index contributed by atoms with van der Waals surface area (Å²) in [6, 6.07) is 7.63. The van der Waals surface area contributed by atoms with E-state index in [2.05, 4.69) is 10.5 Å². The van der Waals surface area contributed by atoms with Crippen molar-refractivity contribution in [1.82, 2.24) is 14.5 Å². The highest BCUT2D eigenvalue weighted by Crippen LogP contribution is 2.33. The Balaban J connectivity index is 1.71. The number of halogens is 3. The smallest absolute Gasteiger partial charge is 0.295 e. The van der Waals surface area contributed by atoms with Crippen LogP contribution >= 0.6 is 0 Å². The number of carbonyl (C=O) groups is 1. The molecular weight excluding hydrogens is 453 g/mol. The van der Waals surface area contributed by atoms with E-state index in [9.17, 15) is 22.8 Å². The van der Waals surface area contributed by atoms with Gasteiger partial charge >= 0.3 is 0 Å². The molecule has 2 heterocycles. The molecule has 1 N–H and O–H groups in total. The highest BCUT2D eigenvalue weighted by molar-refractivity contribution is 6.04. The lowest BCUT2D eigenvalue weighted by Crippen LogP contribution is -2.24. The number of carbonyl (C=O) groups excluding carboxylic acids is 1. The van der Waals surface area contributed by atoms with E-state index in [1.807, 2.05) is 0 Å². The van der Waals surface area contributed by atoms with Crippen LogP contribution in [0.2, 0.25) is 0 Å². The Morgan fingerprint density at radius 3 is 2.35 bits per heavy atom. The average Bonchev–Trinajstić information content (AvgIpc) is 3.26. The first-order valence-corrected chi connectivity index (χ1v) is 10.00. The second kappa shape index (κ2) is 8.58. The Kier molecular flexibility index (Phi) is 5.78. The van der Waals surface area contributed by atoms with E-state index in [-0.39, 0.29) is 34.1 Å². The summed E-state index contributed by atoms with van der Waals surface area (Å²) in [6.45, 7) is 2.97. The molecule has 0 atom stereocenters. The third-order valence-corrected chi connectivity index (χ3v) is 5.49. The zero-order valence-electron chi connectivity index (χ0n) is 18.6. The zero-order chi connectivity index (χ0) is 24.7. The number of rotatable bonds is 5. The van der Waals surface area contributed by atoms with Crippen LogP contribution in [0.3, 0.4) is 0 Å². The van der Waals surface area contributed by atoms with Crippen LogP contribution in [0.15, 0.2) is 45.7 Å². The fourth-order valence-corrected chi connectivity index (χ4v) is 3.59. The Labute approximate surface area is 191 Å². The zero-order valence-corrected chi connectivity index (χ0v) is 18.6. The van der Waals surface area contributed by atoms with E-state index in [0.29, 0.717) is 5.69 Å². The van der Waals surface area contributed by atoms with Gasteiger partial charge in [0.05, 0.1) is 18.4 Å². The number of hydrogen-bond acceptors (Lipinski definition) is 5. The normalized spacial score (nSPS) is 11.0. The first-order valence-electron chi connectivity index (χ1n) is 10.00. The number of ether oxygens (including phenoxy) is 1. The van der Waals surface area contributed by atoms with Crippen molar-refractivity contribution in [2.24, 2.45) is 7.05 Å². The molecule has 0 fully saturated rings. The van der Waals surface area contributed by atoms with Crippen molar-refractivity contribution in [1.29, 1.82) is 0 Å². The number of nitrogens with zero attached hydrogens (tertiary/aromatic N) is 3. The number of methoxy groups -OCH3 is 1. The first-order chi connectivity index (χ1) is 16.1. The molecule has 0 saturated heterocycles. The van der Waals surface area contributed by atoms with Gasteiger partial charge in [-0.3, -0.25) is 14.3 Å². The van der Waals surface area contributed by atoms with Gasteiger partial charge in [-0.25, -0.2) is 17.9 Å². The van der Waals surface area contributed by atoms with Crippen LogP contribution in [0.25, 0.3) is 17.0 Å². The highest BCUT2D eigenvalue weighted by Gasteiger charge is 2.27. The van der Waals surface area contributed by atoms with E-state index in [4.69, 9.17) is 9.26 Å². The second-order valence-electron chi connectivity index (χ2n) is 7.46. The number of nitrogens with one attached hydrogen (secondary N) is 1. The van der Waals surface area contributed by atoms with Crippen LogP contribution in [0.5, 0.6) is 5.75 Å². The van der Waals surface area contributed by atoms with Gasteiger partial charge in [-0.1, -0.05) is 17.3 Å². The van der Waals surface area contributed by atoms with Crippen molar-refractivity contribution in [2.45, 2.75) is 13.8 Å². The van der Waals surface area contributed by atoms with Gasteiger partial charge in [-0.2, -0.15) is 0 Å². The van der Waals surface area contributed by atoms with Gasteiger partial charge in [-0.15, -0.1) is 0 Å². The highest BCUT2D eigenvalue weighted by atomic mass is 19.1. The summed E-state index contributed by atoms with van der Waals surface area (Å²) < 4.78 is 55.6. The van der Waals surface area contributed by atoms with Gasteiger partial charge in [0, 0.05) is 24.7 Å². The Bertz CT molecular complexity index is 1460. The summed E-state index contributed by atoms with van der Waals surface area (Å²) in [4.78, 5) is 25.9. The maximum atomic E-state index is 14.5. The van der Waals surface area contributed by atoms with Gasteiger partial charge in [-0.05, 0) is 26.0 Å². The molecule has 0 aliphatic carbocycles. The summed E-state index contributed by atoms with van der Waals surface area (Å²) in [6.07, 6.45) is 0. The molecule has 11 heteroatoms. The molecule has 0 spiro atoms. The van der Waals surface area contributed by atoms with Crippen LogP contribution in [0, 0.1) is 31.3 Å². The molecule has 0 radical (unpaired) electrons. The molecule has 0 aliphatic rings. The maximum Gasteiger partial charge on any atom is 0.295 e. The Morgan fingerprint density at radius 2 is 1.74 bits per heavy atom. The SMILES string of the molecule is COc1cc(F)c(-c2onc(C(=O)Nc3c(C)n(C)n(-c4ccccc4F)c3=O)c2C)c(F)c1.